The molecule has 0 saturated carbocycles. The van der Waals surface area contributed by atoms with E-state index in [2.05, 4.69) is 25.7 Å². The first-order valence-electron chi connectivity index (χ1n) is 6.04. The number of nitrogens with zero attached hydrogens (tertiary/aromatic N) is 1. The van der Waals surface area contributed by atoms with E-state index < -0.39 is 0 Å². The molecule has 2 N–H and O–H groups in total. The fourth-order valence-electron chi connectivity index (χ4n) is 1.92. The molecule has 4 heteroatoms. The first-order chi connectivity index (χ1) is 7.38. The number of primary amides is 1. The van der Waals surface area contributed by atoms with Gasteiger partial charge in [-0.15, -0.1) is 0 Å². The van der Waals surface area contributed by atoms with Gasteiger partial charge in [0.25, 0.3) is 0 Å². The number of carbonyl (C=O) groups is 1. The van der Waals surface area contributed by atoms with Gasteiger partial charge in [0.15, 0.2) is 0 Å². The van der Waals surface area contributed by atoms with Crippen LogP contribution in [-0.2, 0) is 9.53 Å². The largest absolute Gasteiger partial charge is 0.375 e. The van der Waals surface area contributed by atoms with Crippen LogP contribution in [0.1, 0.15) is 33.6 Å². The highest BCUT2D eigenvalue weighted by molar-refractivity contribution is 5.76. The summed E-state index contributed by atoms with van der Waals surface area (Å²) < 4.78 is 5.67. The van der Waals surface area contributed by atoms with Crippen molar-refractivity contribution in [1.82, 2.24) is 4.90 Å². The minimum Gasteiger partial charge on any atom is -0.375 e. The lowest BCUT2D eigenvalue weighted by molar-refractivity contribution is -0.123. The Morgan fingerprint density at radius 2 is 1.94 bits per heavy atom. The molecule has 0 aliphatic carbocycles. The van der Waals surface area contributed by atoms with Gasteiger partial charge in [0.1, 0.15) is 0 Å². The van der Waals surface area contributed by atoms with Crippen molar-refractivity contribution in [2.24, 2.45) is 11.7 Å². The number of carbonyl (C=O) groups excluding carboxylic acids is 1. The van der Waals surface area contributed by atoms with Gasteiger partial charge in [0.05, 0.1) is 12.2 Å². The van der Waals surface area contributed by atoms with E-state index in [0.717, 1.165) is 39.1 Å². The van der Waals surface area contributed by atoms with Gasteiger partial charge < -0.3 is 15.4 Å². The summed E-state index contributed by atoms with van der Waals surface area (Å²) in [5.74, 6) is -0.0645. The number of piperidine rings is 1. The average molecular weight is 228 g/mol. The summed E-state index contributed by atoms with van der Waals surface area (Å²) in [5, 5.41) is 0. The van der Waals surface area contributed by atoms with Crippen molar-refractivity contribution < 1.29 is 9.53 Å². The molecule has 0 aromatic rings. The molecule has 0 aromatic heterocycles. The summed E-state index contributed by atoms with van der Waals surface area (Å²) in [5.41, 5.74) is 5.22. The Morgan fingerprint density at radius 1 is 1.38 bits per heavy atom. The van der Waals surface area contributed by atoms with Crippen LogP contribution in [0.4, 0.5) is 0 Å². The van der Waals surface area contributed by atoms with Crippen LogP contribution in [0.2, 0.25) is 0 Å². The van der Waals surface area contributed by atoms with Gasteiger partial charge in [-0.1, -0.05) is 0 Å². The van der Waals surface area contributed by atoms with Gasteiger partial charge in [0.2, 0.25) is 5.91 Å². The molecule has 94 valence electrons. The Hall–Kier alpha value is -0.610. The Kier molecular flexibility index (Phi) is 4.74. The Bertz CT molecular complexity index is 228. The first kappa shape index (κ1) is 13.5. The number of hydrogen-bond donors (Lipinski definition) is 1. The third-order valence-corrected chi connectivity index (χ3v) is 2.93. The van der Waals surface area contributed by atoms with Crippen molar-refractivity contribution in [1.29, 1.82) is 0 Å². The number of likely N-dealkylation sites (tertiary alicyclic amines) is 1. The van der Waals surface area contributed by atoms with Gasteiger partial charge in [-0.3, -0.25) is 4.79 Å². The lowest BCUT2D eigenvalue weighted by Crippen LogP contribution is -2.40. The predicted molar refractivity (Wildman–Crippen MR) is 64.1 cm³/mol. The summed E-state index contributed by atoms with van der Waals surface area (Å²) in [6.07, 6.45) is 1.79. The molecule has 4 nitrogen and oxygen atoms in total. The highest BCUT2D eigenvalue weighted by Crippen LogP contribution is 2.16. The molecular weight excluding hydrogens is 204 g/mol. The quantitative estimate of drug-likeness (QED) is 0.781. The normalized spacial score (nSPS) is 19.9. The maximum Gasteiger partial charge on any atom is 0.220 e. The molecule has 1 amide bonds. The minimum absolute atomic E-state index is 0.0639. The van der Waals surface area contributed by atoms with Crippen molar-refractivity contribution in [2.75, 3.05) is 26.2 Å². The van der Waals surface area contributed by atoms with Crippen LogP contribution < -0.4 is 5.73 Å². The minimum atomic E-state index is -0.148. The number of amides is 1. The molecule has 1 heterocycles. The van der Waals surface area contributed by atoms with E-state index in [0.29, 0.717) is 0 Å². The van der Waals surface area contributed by atoms with Crippen LogP contribution in [-0.4, -0.2) is 42.6 Å². The molecule has 0 bridgehead atoms. The van der Waals surface area contributed by atoms with Gasteiger partial charge in [-0.25, -0.2) is 0 Å². The van der Waals surface area contributed by atoms with E-state index in [1.165, 1.54) is 0 Å². The smallest absolute Gasteiger partial charge is 0.220 e. The molecule has 1 aliphatic rings. The van der Waals surface area contributed by atoms with Crippen LogP contribution in [0.15, 0.2) is 0 Å². The molecular formula is C12H24N2O2. The SMILES string of the molecule is CC(C)(C)OCCN1CCC(C(N)=O)CC1. The van der Waals surface area contributed by atoms with Crippen LogP contribution >= 0.6 is 0 Å². The van der Waals surface area contributed by atoms with Gasteiger partial charge in [0, 0.05) is 12.5 Å². The molecule has 0 atom stereocenters. The fraction of sp³-hybridized carbons (Fsp3) is 0.917. The second-order valence-corrected chi connectivity index (χ2v) is 5.48. The summed E-state index contributed by atoms with van der Waals surface area (Å²) >= 11 is 0. The second-order valence-electron chi connectivity index (χ2n) is 5.48. The van der Waals surface area contributed by atoms with E-state index in [-0.39, 0.29) is 17.4 Å². The topological polar surface area (TPSA) is 55.6 Å². The molecule has 0 unspecified atom stereocenters. The van der Waals surface area contributed by atoms with Gasteiger partial charge >= 0.3 is 0 Å². The third-order valence-electron chi connectivity index (χ3n) is 2.93. The summed E-state index contributed by atoms with van der Waals surface area (Å²) in [4.78, 5) is 13.3. The molecule has 0 aromatic carbocycles. The summed E-state index contributed by atoms with van der Waals surface area (Å²) in [6, 6.07) is 0. The Morgan fingerprint density at radius 3 is 2.38 bits per heavy atom. The zero-order valence-corrected chi connectivity index (χ0v) is 10.7. The Labute approximate surface area is 98.1 Å². The highest BCUT2D eigenvalue weighted by atomic mass is 16.5. The second kappa shape index (κ2) is 5.64. The number of nitrogens with two attached hydrogens (primary N) is 1. The van der Waals surface area contributed by atoms with E-state index in [1.54, 1.807) is 0 Å². The van der Waals surface area contributed by atoms with E-state index >= 15 is 0 Å². The maximum absolute atomic E-state index is 11.0. The lowest BCUT2D eigenvalue weighted by atomic mass is 9.96. The monoisotopic (exact) mass is 228 g/mol. The fourth-order valence-corrected chi connectivity index (χ4v) is 1.92. The number of hydrogen-bond acceptors (Lipinski definition) is 3. The van der Waals surface area contributed by atoms with Crippen molar-refractivity contribution in [3.05, 3.63) is 0 Å². The standard InChI is InChI=1S/C12H24N2O2/c1-12(2,3)16-9-8-14-6-4-10(5-7-14)11(13)15/h10H,4-9H2,1-3H3,(H2,13,15). The zero-order valence-electron chi connectivity index (χ0n) is 10.7. The van der Waals surface area contributed by atoms with Crippen molar-refractivity contribution in [3.8, 4) is 0 Å². The van der Waals surface area contributed by atoms with Crippen LogP contribution in [0.3, 0.4) is 0 Å². The molecule has 1 fully saturated rings. The summed E-state index contributed by atoms with van der Waals surface area (Å²) in [6.45, 7) is 9.81. The molecule has 1 saturated heterocycles. The molecule has 1 rings (SSSR count). The maximum atomic E-state index is 11.0. The van der Waals surface area contributed by atoms with E-state index in [1.807, 2.05) is 0 Å². The van der Waals surface area contributed by atoms with Crippen molar-refractivity contribution in [3.63, 3.8) is 0 Å². The van der Waals surface area contributed by atoms with E-state index in [9.17, 15) is 4.79 Å². The predicted octanol–water partition coefficient (Wildman–Crippen LogP) is 0.999. The molecule has 16 heavy (non-hydrogen) atoms. The number of ether oxygens (including phenoxy) is 1. The first-order valence-corrected chi connectivity index (χ1v) is 6.04. The van der Waals surface area contributed by atoms with Crippen LogP contribution in [0.5, 0.6) is 0 Å². The summed E-state index contributed by atoms with van der Waals surface area (Å²) in [7, 11) is 0. The zero-order chi connectivity index (χ0) is 12.2. The molecule has 0 spiro atoms. The molecule has 0 radical (unpaired) electrons. The highest BCUT2D eigenvalue weighted by Gasteiger charge is 2.23. The average Bonchev–Trinajstić information content (AvgIpc) is 2.16. The Balaban J connectivity index is 2.15. The number of rotatable bonds is 4. The third kappa shape index (κ3) is 4.94. The van der Waals surface area contributed by atoms with Crippen LogP contribution in [0.25, 0.3) is 0 Å². The molecule has 1 aliphatic heterocycles. The lowest BCUT2D eigenvalue weighted by Gasteiger charge is -2.31. The van der Waals surface area contributed by atoms with Gasteiger partial charge in [-0.05, 0) is 46.7 Å². The van der Waals surface area contributed by atoms with Crippen molar-refractivity contribution >= 4 is 5.91 Å². The van der Waals surface area contributed by atoms with Gasteiger partial charge in [-0.2, -0.15) is 0 Å². The van der Waals surface area contributed by atoms with Crippen molar-refractivity contribution in [2.45, 2.75) is 39.2 Å². The van der Waals surface area contributed by atoms with Crippen LogP contribution in [0, 0.1) is 5.92 Å². The van der Waals surface area contributed by atoms with E-state index in [4.69, 9.17) is 10.5 Å².